The van der Waals surface area contributed by atoms with E-state index in [2.05, 4.69) is 21.2 Å². The second-order valence-corrected chi connectivity index (χ2v) is 15.1. The van der Waals surface area contributed by atoms with Crippen molar-refractivity contribution in [3.05, 3.63) is 130 Å². The van der Waals surface area contributed by atoms with Crippen LogP contribution in [0.1, 0.15) is 54.4 Å². The minimum absolute atomic E-state index is 0.0457. The molecule has 0 radical (unpaired) electrons. The number of hydrogen-bond donors (Lipinski definition) is 1. The molecule has 0 bridgehead atoms. The van der Waals surface area contributed by atoms with E-state index < -0.39 is 28.5 Å². The predicted molar refractivity (Wildman–Crippen MR) is 191 cm³/mol. The first-order valence-corrected chi connectivity index (χ1v) is 18.4. The van der Waals surface area contributed by atoms with Crippen molar-refractivity contribution in [3.8, 4) is 0 Å². The third kappa shape index (κ3) is 8.90. The van der Waals surface area contributed by atoms with Gasteiger partial charge in [-0.25, -0.2) is 8.42 Å². The van der Waals surface area contributed by atoms with Gasteiger partial charge in [0.1, 0.15) is 12.6 Å². The van der Waals surface area contributed by atoms with Gasteiger partial charge >= 0.3 is 0 Å². The maximum Gasteiger partial charge on any atom is 0.264 e. The monoisotopic (exact) mass is 715 g/mol. The summed E-state index contributed by atoms with van der Waals surface area (Å²) in [6.45, 7) is 3.44. The van der Waals surface area contributed by atoms with Crippen molar-refractivity contribution in [3.63, 3.8) is 0 Å². The van der Waals surface area contributed by atoms with Gasteiger partial charge in [0.05, 0.1) is 10.6 Å². The lowest BCUT2D eigenvalue weighted by atomic mass is 9.94. The average molecular weight is 717 g/mol. The lowest BCUT2D eigenvalue weighted by Crippen LogP contribution is -2.55. The van der Waals surface area contributed by atoms with Crippen molar-refractivity contribution < 1.29 is 18.0 Å². The maximum atomic E-state index is 14.7. The summed E-state index contributed by atoms with van der Waals surface area (Å²) in [5.41, 5.74) is 3.87. The van der Waals surface area contributed by atoms with Crippen LogP contribution < -0.4 is 9.62 Å². The highest BCUT2D eigenvalue weighted by atomic mass is 79.9. The highest BCUT2D eigenvalue weighted by Crippen LogP contribution is 2.29. The summed E-state index contributed by atoms with van der Waals surface area (Å²) < 4.78 is 30.6. The maximum absolute atomic E-state index is 14.7. The summed E-state index contributed by atoms with van der Waals surface area (Å²) in [7, 11) is -4.14. The minimum atomic E-state index is -4.14. The highest BCUT2D eigenvalue weighted by Gasteiger charge is 2.35. The van der Waals surface area contributed by atoms with E-state index in [4.69, 9.17) is 0 Å². The van der Waals surface area contributed by atoms with E-state index in [0.717, 1.165) is 58.8 Å². The molecule has 9 heteroatoms. The van der Waals surface area contributed by atoms with Gasteiger partial charge in [-0.15, -0.1) is 0 Å². The van der Waals surface area contributed by atoms with Crippen LogP contribution in [0.3, 0.4) is 0 Å². The molecule has 5 rings (SSSR count). The van der Waals surface area contributed by atoms with Gasteiger partial charge in [-0.05, 0) is 73.7 Å². The van der Waals surface area contributed by atoms with E-state index in [0.29, 0.717) is 5.69 Å². The molecule has 0 spiro atoms. The van der Waals surface area contributed by atoms with Crippen molar-refractivity contribution in [1.29, 1.82) is 0 Å². The number of nitrogens with one attached hydrogen (secondary N) is 1. The molecule has 1 aliphatic rings. The third-order valence-corrected chi connectivity index (χ3v) is 11.0. The Morgan fingerprint density at radius 2 is 1.47 bits per heavy atom. The quantitative estimate of drug-likeness (QED) is 0.166. The van der Waals surface area contributed by atoms with Gasteiger partial charge in [-0.2, -0.15) is 0 Å². The average Bonchev–Trinajstić information content (AvgIpc) is 3.07. The van der Waals surface area contributed by atoms with Crippen molar-refractivity contribution in [2.75, 3.05) is 10.8 Å². The van der Waals surface area contributed by atoms with Crippen LogP contribution in [0.2, 0.25) is 0 Å². The molecule has 1 aliphatic carbocycles. The number of benzene rings is 4. The van der Waals surface area contributed by atoms with Crippen LogP contribution >= 0.6 is 15.9 Å². The second kappa shape index (κ2) is 15.8. The number of aryl methyl sites for hydroxylation is 2. The summed E-state index contributed by atoms with van der Waals surface area (Å²) in [6, 6.07) is 30.1. The van der Waals surface area contributed by atoms with Gasteiger partial charge in [-0.1, -0.05) is 114 Å². The fourth-order valence-electron chi connectivity index (χ4n) is 6.20. The molecule has 7 nitrogen and oxygen atoms in total. The summed E-state index contributed by atoms with van der Waals surface area (Å²) in [5.74, 6) is -0.692. The molecule has 4 aromatic carbocycles. The SMILES string of the molecule is Cc1ccc(N(CC(=O)N(Cc2ccc(Br)cc2)[C@H](Cc2ccccc2)C(=O)NC2CCCCC2)S(=O)(=O)c2ccccc2)c(C)c1. The number of rotatable bonds is 12. The number of nitrogens with zero attached hydrogens (tertiary/aromatic N) is 2. The number of carbonyl (C=O) groups excluding carboxylic acids is 2. The molecule has 0 unspecified atom stereocenters. The van der Waals surface area contributed by atoms with Gasteiger partial charge in [0.2, 0.25) is 11.8 Å². The molecule has 0 aromatic heterocycles. The van der Waals surface area contributed by atoms with Crippen molar-refractivity contribution >= 4 is 43.5 Å². The zero-order valence-electron chi connectivity index (χ0n) is 26.9. The van der Waals surface area contributed by atoms with Gasteiger partial charge in [-0.3, -0.25) is 13.9 Å². The molecule has 0 heterocycles. The Kier molecular flexibility index (Phi) is 11.5. The minimum Gasteiger partial charge on any atom is -0.352 e. The number of halogens is 1. The van der Waals surface area contributed by atoms with E-state index in [-0.39, 0.29) is 29.8 Å². The normalized spacial score (nSPS) is 14.3. The van der Waals surface area contributed by atoms with Gasteiger partial charge < -0.3 is 10.2 Å². The molecule has 47 heavy (non-hydrogen) atoms. The molecular formula is C38H42BrN3O4S. The van der Waals surface area contributed by atoms with Gasteiger partial charge in [0, 0.05) is 23.5 Å². The van der Waals surface area contributed by atoms with Crippen LogP contribution in [0, 0.1) is 13.8 Å². The Bertz CT molecular complexity index is 1760. The molecular weight excluding hydrogens is 674 g/mol. The first-order chi connectivity index (χ1) is 22.6. The molecule has 1 fully saturated rings. The van der Waals surface area contributed by atoms with Crippen LogP contribution in [0.25, 0.3) is 0 Å². The lowest BCUT2D eigenvalue weighted by molar-refractivity contribution is -0.140. The van der Waals surface area contributed by atoms with Crippen LogP contribution in [0.4, 0.5) is 5.69 Å². The van der Waals surface area contributed by atoms with Crippen LogP contribution in [0.5, 0.6) is 0 Å². The van der Waals surface area contributed by atoms with E-state index in [1.807, 2.05) is 80.6 Å². The van der Waals surface area contributed by atoms with Gasteiger partial charge in [0.15, 0.2) is 0 Å². The Morgan fingerprint density at radius 1 is 0.830 bits per heavy atom. The lowest BCUT2D eigenvalue weighted by Gasteiger charge is -2.35. The highest BCUT2D eigenvalue weighted by molar-refractivity contribution is 9.10. The molecule has 0 saturated heterocycles. The van der Waals surface area contributed by atoms with Crippen LogP contribution in [0.15, 0.2) is 112 Å². The number of anilines is 1. The first-order valence-electron chi connectivity index (χ1n) is 16.1. The van der Waals surface area contributed by atoms with Crippen molar-refractivity contribution in [1.82, 2.24) is 10.2 Å². The van der Waals surface area contributed by atoms with Crippen LogP contribution in [-0.2, 0) is 32.6 Å². The zero-order valence-corrected chi connectivity index (χ0v) is 29.3. The molecule has 246 valence electrons. The fraction of sp³-hybridized carbons (Fsp3) is 0.316. The number of hydrogen-bond acceptors (Lipinski definition) is 4. The summed E-state index contributed by atoms with van der Waals surface area (Å²) >= 11 is 3.49. The summed E-state index contributed by atoms with van der Waals surface area (Å²) in [4.78, 5) is 30.6. The smallest absolute Gasteiger partial charge is 0.264 e. The topological polar surface area (TPSA) is 86.8 Å². The van der Waals surface area contributed by atoms with E-state index in [9.17, 15) is 18.0 Å². The zero-order chi connectivity index (χ0) is 33.4. The Labute approximate surface area is 287 Å². The number of amides is 2. The van der Waals surface area contributed by atoms with Crippen molar-refractivity contribution in [2.45, 2.75) is 75.9 Å². The Morgan fingerprint density at radius 3 is 2.11 bits per heavy atom. The Hall–Kier alpha value is -3.95. The van der Waals surface area contributed by atoms with E-state index in [1.165, 1.54) is 16.4 Å². The predicted octanol–water partition coefficient (Wildman–Crippen LogP) is 7.35. The summed E-state index contributed by atoms with van der Waals surface area (Å²) in [6.07, 6.45) is 5.35. The van der Waals surface area contributed by atoms with Crippen molar-refractivity contribution in [2.24, 2.45) is 0 Å². The summed E-state index contributed by atoms with van der Waals surface area (Å²) in [5, 5.41) is 3.25. The van der Waals surface area contributed by atoms with E-state index in [1.54, 1.807) is 29.2 Å². The Balaban J connectivity index is 1.57. The first kappa shape index (κ1) is 34.4. The molecule has 1 atom stereocenters. The largest absolute Gasteiger partial charge is 0.352 e. The molecule has 0 aliphatic heterocycles. The second-order valence-electron chi connectivity index (χ2n) is 12.3. The number of sulfonamides is 1. The van der Waals surface area contributed by atoms with E-state index >= 15 is 0 Å². The third-order valence-electron chi connectivity index (χ3n) is 8.72. The number of carbonyl (C=O) groups is 2. The standard InChI is InChI=1S/C38H42BrN3O4S/c1-28-18-23-35(29(2)24-28)42(47(45,46)34-16-10-5-11-17-34)27-37(43)41(26-31-19-21-32(39)22-20-31)36(25-30-12-6-3-7-13-30)38(44)40-33-14-8-4-9-15-33/h3,5-7,10-13,16-24,33,36H,4,8-9,14-15,25-27H2,1-2H3,(H,40,44)/t36-/m1/s1. The molecule has 4 aromatic rings. The van der Waals surface area contributed by atoms with Crippen LogP contribution in [-0.4, -0.2) is 43.8 Å². The van der Waals surface area contributed by atoms with Gasteiger partial charge in [0.25, 0.3) is 10.0 Å². The molecule has 2 amide bonds. The fourth-order valence-corrected chi connectivity index (χ4v) is 7.97. The molecule has 1 saturated carbocycles. The molecule has 1 N–H and O–H groups in total.